The van der Waals surface area contributed by atoms with Gasteiger partial charge in [0, 0.05) is 19.3 Å². The fourth-order valence-electron chi connectivity index (χ4n) is 11.6. The molecule has 0 heterocycles. The summed E-state index contributed by atoms with van der Waals surface area (Å²) in [7, 11) is 0. The predicted molar refractivity (Wildman–Crippen MR) is 358 cm³/mol. The first-order valence-corrected chi connectivity index (χ1v) is 37.3. The summed E-state index contributed by atoms with van der Waals surface area (Å²) in [6.45, 7) is 6.70. The summed E-state index contributed by atoms with van der Waals surface area (Å²) in [5.41, 5.74) is 0. The Hall–Kier alpha value is -2.11. The SMILES string of the molecule is CCCCCC/C=C\CCCCCCCC(=O)OCC(COC(=O)CCCCCCCCCCCCCCCCCCCCCCCCCCCCCCCC)OC(=O)CCCCCCCCCCC/C=C\CCCCCCCCCC. The van der Waals surface area contributed by atoms with Crippen molar-refractivity contribution in [2.45, 2.75) is 431 Å². The van der Waals surface area contributed by atoms with Crippen LogP contribution >= 0.6 is 0 Å². The van der Waals surface area contributed by atoms with Gasteiger partial charge in [0.2, 0.25) is 0 Å². The van der Waals surface area contributed by atoms with Gasteiger partial charge >= 0.3 is 17.9 Å². The average Bonchev–Trinajstić information content (AvgIpc) is 3.47. The first-order chi connectivity index (χ1) is 40.5. The number of carbonyl (C=O) groups is 3. The molecule has 0 saturated heterocycles. The molecule has 6 nitrogen and oxygen atoms in total. The molecule has 0 rings (SSSR count). The molecule has 0 spiro atoms. The van der Waals surface area contributed by atoms with Gasteiger partial charge in [-0.05, 0) is 70.6 Å². The molecule has 0 radical (unpaired) electrons. The second-order valence-corrected chi connectivity index (χ2v) is 25.6. The van der Waals surface area contributed by atoms with Crippen molar-refractivity contribution in [3.8, 4) is 0 Å². The van der Waals surface area contributed by atoms with Crippen LogP contribution in [0.25, 0.3) is 0 Å². The minimum absolute atomic E-state index is 0.0692. The van der Waals surface area contributed by atoms with Gasteiger partial charge in [-0.3, -0.25) is 14.4 Å². The molecule has 1 atom stereocenters. The monoisotopic (exact) mass is 1150 g/mol. The zero-order valence-corrected chi connectivity index (χ0v) is 55.8. The molecule has 0 aromatic heterocycles. The predicted octanol–water partition coefficient (Wildman–Crippen LogP) is 25.7. The largest absolute Gasteiger partial charge is 0.462 e. The fourth-order valence-corrected chi connectivity index (χ4v) is 11.6. The van der Waals surface area contributed by atoms with Crippen LogP contribution in [-0.4, -0.2) is 37.2 Å². The van der Waals surface area contributed by atoms with Gasteiger partial charge in [0.15, 0.2) is 6.10 Å². The Morgan fingerprint density at radius 3 is 0.622 bits per heavy atom. The van der Waals surface area contributed by atoms with Crippen LogP contribution < -0.4 is 0 Å². The van der Waals surface area contributed by atoms with E-state index in [2.05, 4.69) is 45.1 Å². The number of hydrogen-bond donors (Lipinski definition) is 0. The Balaban J connectivity index is 4.15. The van der Waals surface area contributed by atoms with Crippen molar-refractivity contribution in [2.75, 3.05) is 13.2 Å². The molecule has 0 aliphatic carbocycles. The molecular formula is C76H144O6. The molecule has 0 amide bonds. The van der Waals surface area contributed by atoms with Crippen LogP contribution in [0.3, 0.4) is 0 Å². The molecule has 0 N–H and O–H groups in total. The highest BCUT2D eigenvalue weighted by Crippen LogP contribution is 2.19. The molecule has 0 fully saturated rings. The van der Waals surface area contributed by atoms with Crippen LogP contribution in [0.5, 0.6) is 0 Å². The van der Waals surface area contributed by atoms with E-state index >= 15 is 0 Å². The number of rotatable bonds is 70. The summed E-state index contributed by atoms with van der Waals surface area (Å²) in [5, 5.41) is 0. The smallest absolute Gasteiger partial charge is 0.306 e. The summed E-state index contributed by atoms with van der Waals surface area (Å²) in [4.78, 5) is 38.4. The van der Waals surface area contributed by atoms with Crippen LogP contribution in [0.2, 0.25) is 0 Å². The van der Waals surface area contributed by atoms with Crippen LogP contribution in [0, 0.1) is 0 Å². The minimum Gasteiger partial charge on any atom is -0.462 e. The van der Waals surface area contributed by atoms with E-state index in [0.717, 1.165) is 64.2 Å². The maximum Gasteiger partial charge on any atom is 0.306 e. The Bertz CT molecular complexity index is 1320. The van der Waals surface area contributed by atoms with E-state index in [0.29, 0.717) is 19.3 Å². The van der Waals surface area contributed by atoms with Gasteiger partial charge in [0.1, 0.15) is 13.2 Å². The standard InChI is InChI=1S/C76H144O6/c1-4-7-10-13-16-19-22-25-27-29-31-33-34-35-36-37-38-39-40-41-43-44-46-48-51-54-57-60-63-66-69-75(78)81-72-73(71-80-74(77)68-65-62-59-56-53-50-24-21-18-15-12-9-6-3)82-76(79)70-67-64-61-58-55-52-49-47-45-42-32-30-28-26-23-20-17-14-11-8-5-2/h21,24,30,32,73H,4-20,22-23,25-29,31,33-72H2,1-3H3/b24-21-,32-30-. The highest BCUT2D eigenvalue weighted by atomic mass is 16.6. The van der Waals surface area contributed by atoms with Gasteiger partial charge < -0.3 is 14.2 Å². The van der Waals surface area contributed by atoms with E-state index in [1.807, 2.05) is 0 Å². The maximum absolute atomic E-state index is 13.0. The van der Waals surface area contributed by atoms with Crippen molar-refractivity contribution in [1.82, 2.24) is 0 Å². The Morgan fingerprint density at radius 1 is 0.232 bits per heavy atom. The number of esters is 3. The van der Waals surface area contributed by atoms with E-state index < -0.39 is 6.10 Å². The molecular weight excluding hydrogens is 1010 g/mol. The van der Waals surface area contributed by atoms with E-state index in [1.54, 1.807) is 0 Å². The summed E-state index contributed by atoms with van der Waals surface area (Å²) in [5.74, 6) is -0.849. The summed E-state index contributed by atoms with van der Waals surface area (Å²) < 4.78 is 17.0. The van der Waals surface area contributed by atoms with Gasteiger partial charge in [-0.15, -0.1) is 0 Å². The zero-order chi connectivity index (χ0) is 59.2. The van der Waals surface area contributed by atoms with E-state index in [9.17, 15) is 14.4 Å². The molecule has 484 valence electrons. The van der Waals surface area contributed by atoms with Crippen LogP contribution in [0.15, 0.2) is 24.3 Å². The van der Waals surface area contributed by atoms with Crippen molar-refractivity contribution in [3.63, 3.8) is 0 Å². The van der Waals surface area contributed by atoms with E-state index in [-0.39, 0.29) is 31.1 Å². The minimum atomic E-state index is -0.774. The molecule has 1 unspecified atom stereocenters. The van der Waals surface area contributed by atoms with Crippen molar-refractivity contribution in [3.05, 3.63) is 24.3 Å². The van der Waals surface area contributed by atoms with Crippen LogP contribution in [-0.2, 0) is 28.6 Å². The average molecular weight is 1150 g/mol. The number of carbonyl (C=O) groups excluding carboxylic acids is 3. The van der Waals surface area contributed by atoms with Gasteiger partial charge in [-0.25, -0.2) is 0 Å². The third-order valence-corrected chi connectivity index (χ3v) is 17.2. The van der Waals surface area contributed by atoms with E-state index in [4.69, 9.17) is 14.2 Å². The quantitative estimate of drug-likeness (QED) is 0.0261. The lowest BCUT2D eigenvalue weighted by Gasteiger charge is -2.18. The summed E-state index contributed by atoms with van der Waals surface area (Å²) >= 11 is 0. The number of allylic oxidation sites excluding steroid dienone is 4. The van der Waals surface area contributed by atoms with Crippen LogP contribution in [0.1, 0.15) is 425 Å². The second kappa shape index (κ2) is 71.4. The van der Waals surface area contributed by atoms with Crippen molar-refractivity contribution < 1.29 is 28.6 Å². The van der Waals surface area contributed by atoms with Gasteiger partial charge in [-0.2, -0.15) is 0 Å². The molecule has 0 saturated carbocycles. The normalized spacial score (nSPS) is 12.1. The molecule has 6 heteroatoms. The lowest BCUT2D eigenvalue weighted by atomic mass is 10.0. The first kappa shape index (κ1) is 79.9. The number of ether oxygens (including phenoxy) is 3. The molecule has 82 heavy (non-hydrogen) atoms. The zero-order valence-electron chi connectivity index (χ0n) is 55.8. The fraction of sp³-hybridized carbons (Fsp3) is 0.908. The summed E-state index contributed by atoms with van der Waals surface area (Å²) in [6, 6.07) is 0. The van der Waals surface area contributed by atoms with Crippen molar-refractivity contribution >= 4 is 17.9 Å². The van der Waals surface area contributed by atoms with Gasteiger partial charge in [0.05, 0.1) is 0 Å². The third kappa shape index (κ3) is 68.7. The molecule has 0 bridgehead atoms. The lowest BCUT2D eigenvalue weighted by molar-refractivity contribution is -0.167. The first-order valence-electron chi connectivity index (χ1n) is 37.3. The van der Waals surface area contributed by atoms with Gasteiger partial charge in [0.25, 0.3) is 0 Å². The maximum atomic E-state index is 13.0. The topological polar surface area (TPSA) is 78.9 Å². The van der Waals surface area contributed by atoms with E-state index in [1.165, 1.54) is 321 Å². The highest BCUT2D eigenvalue weighted by Gasteiger charge is 2.20. The molecule has 0 aliphatic rings. The highest BCUT2D eigenvalue weighted by molar-refractivity contribution is 5.71. The summed E-state index contributed by atoms with van der Waals surface area (Å²) in [6.07, 6.45) is 88.0. The number of hydrogen-bond acceptors (Lipinski definition) is 6. The number of unbranched alkanes of at least 4 members (excludes halogenated alkanes) is 55. The molecule has 0 aromatic carbocycles. The van der Waals surface area contributed by atoms with Gasteiger partial charge in [-0.1, -0.05) is 360 Å². The lowest BCUT2D eigenvalue weighted by Crippen LogP contribution is -2.30. The van der Waals surface area contributed by atoms with Crippen LogP contribution in [0.4, 0.5) is 0 Å². The molecule has 0 aliphatic heterocycles. The Labute approximate surface area is 513 Å². The van der Waals surface area contributed by atoms with Crippen molar-refractivity contribution in [2.24, 2.45) is 0 Å². The Kier molecular flexibility index (Phi) is 69.5. The third-order valence-electron chi connectivity index (χ3n) is 17.2. The Morgan fingerprint density at radius 2 is 0.402 bits per heavy atom. The second-order valence-electron chi connectivity index (χ2n) is 25.6. The molecule has 0 aromatic rings. The van der Waals surface area contributed by atoms with Crippen molar-refractivity contribution in [1.29, 1.82) is 0 Å².